The van der Waals surface area contributed by atoms with Crippen molar-refractivity contribution in [3.05, 3.63) is 84.8 Å². The van der Waals surface area contributed by atoms with Crippen LogP contribution >= 0.6 is 0 Å². The van der Waals surface area contributed by atoms with Gasteiger partial charge in [0.25, 0.3) is 0 Å². The van der Waals surface area contributed by atoms with Crippen molar-refractivity contribution < 1.29 is 4.74 Å². The third-order valence-corrected chi connectivity index (χ3v) is 5.19. The fourth-order valence-corrected chi connectivity index (χ4v) is 3.55. The standard InChI is InChI=1S/C24H26N4O/c1-18(20-11-13-25-14-12-20)28-24-15-22(26-17-27-24)21-9-5-6-10-23(21)29-16-19-7-3-2-4-8-19/h2-10,15,17,20,25H,1,11-14,16H2,(H,26,27,28). The van der Waals surface area contributed by atoms with E-state index < -0.39 is 0 Å². The van der Waals surface area contributed by atoms with Crippen LogP contribution in [0.25, 0.3) is 11.3 Å². The number of ether oxygens (including phenoxy) is 1. The smallest absolute Gasteiger partial charge is 0.134 e. The van der Waals surface area contributed by atoms with Gasteiger partial charge in [0.15, 0.2) is 0 Å². The number of aromatic nitrogens is 2. The number of benzene rings is 2. The number of nitrogens with zero attached hydrogens (tertiary/aromatic N) is 2. The molecule has 1 saturated heterocycles. The van der Waals surface area contributed by atoms with E-state index in [4.69, 9.17) is 4.74 Å². The molecule has 0 saturated carbocycles. The lowest BCUT2D eigenvalue weighted by molar-refractivity contribution is 0.307. The molecule has 0 spiro atoms. The fourth-order valence-electron chi connectivity index (χ4n) is 3.55. The van der Waals surface area contributed by atoms with Crippen LogP contribution in [-0.4, -0.2) is 23.1 Å². The summed E-state index contributed by atoms with van der Waals surface area (Å²) in [5, 5.41) is 6.77. The summed E-state index contributed by atoms with van der Waals surface area (Å²) in [6.45, 7) is 6.82. The average Bonchev–Trinajstić information content (AvgIpc) is 2.79. The van der Waals surface area contributed by atoms with Crippen LogP contribution in [0.5, 0.6) is 5.75 Å². The Morgan fingerprint density at radius 3 is 2.62 bits per heavy atom. The lowest BCUT2D eigenvalue weighted by Crippen LogP contribution is -2.30. The zero-order valence-electron chi connectivity index (χ0n) is 16.5. The summed E-state index contributed by atoms with van der Waals surface area (Å²) < 4.78 is 6.09. The van der Waals surface area contributed by atoms with Crippen molar-refractivity contribution in [3.8, 4) is 17.0 Å². The number of rotatable bonds is 7. The quantitative estimate of drug-likeness (QED) is 0.619. The maximum absolute atomic E-state index is 6.09. The Bertz CT molecular complexity index is 952. The van der Waals surface area contributed by atoms with Crippen LogP contribution in [0.15, 0.2) is 79.3 Å². The summed E-state index contributed by atoms with van der Waals surface area (Å²) in [7, 11) is 0. The summed E-state index contributed by atoms with van der Waals surface area (Å²) in [6.07, 6.45) is 3.78. The molecule has 5 heteroatoms. The van der Waals surface area contributed by atoms with Crippen molar-refractivity contribution >= 4 is 5.82 Å². The van der Waals surface area contributed by atoms with E-state index in [0.717, 1.165) is 60.0 Å². The van der Waals surface area contributed by atoms with E-state index in [1.165, 1.54) is 0 Å². The summed E-state index contributed by atoms with van der Waals surface area (Å²) in [4.78, 5) is 8.86. The highest BCUT2D eigenvalue weighted by molar-refractivity contribution is 5.69. The van der Waals surface area contributed by atoms with E-state index in [1.54, 1.807) is 6.33 Å². The Morgan fingerprint density at radius 1 is 1.03 bits per heavy atom. The molecule has 29 heavy (non-hydrogen) atoms. The second-order valence-electron chi connectivity index (χ2n) is 7.23. The van der Waals surface area contributed by atoms with Crippen molar-refractivity contribution in [1.82, 2.24) is 15.3 Å². The zero-order valence-corrected chi connectivity index (χ0v) is 16.5. The summed E-state index contributed by atoms with van der Waals surface area (Å²) in [6, 6.07) is 20.1. The molecular formula is C24H26N4O. The van der Waals surface area contributed by atoms with Gasteiger partial charge >= 0.3 is 0 Å². The topological polar surface area (TPSA) is 59.1 Å². The van der Waals surface area contributed by atoms with Gasteiger partial charge in [0.05, 0.1) is 5.69 Å². The van der Waals surface area contributed by atoms with Crippen molar-refractivity contribution in [2.24, 2.45) is 5.92 Å². The SMILES string of the molecule is C=C(Nc1cc(-c2ccccc2OCc2ccccc2)ncn1)C1CCNCC1. The first kappa shape index (κ1) is 19.2. The van der Waals surface area contributed by atoms with Gasteiger partial charge in [-0.2, -0.15) is 0 Å². The summed E-state index contributed by atoms with van der Waals surface area (Å²) in [5.74, 6) is 2.03. The van der Waals surface area contributed by atoms with Crippen LogP contribution in [-0.2, 0) is 6.61 Å². The Hall–Kier alpha value is -3.18. The summed E-state index contributed by atoms with van der Waals surface area (Å²) in [5.41, 5.74) is 3.92. The first-order valence-corrected chi connectivity index (χ1v) is 10.0. The summed E-state index contributed by atoms with van der Waals surface area (Å²) >= 11 is 0. The van der Waals surface area contributed by atoms with Gasteiger partial charge in [0.2, 0.25) is 0 Å². The molecule has 2 heterocycles. The molecule has 1 fully saturated rings. The molecule has 1 aromatic heterocycles. The highest BCUT2D eigenvalue weighted by Gasteiger charge is 2.17. The predicted octanol–water partition coefficient (Wildman–Crippen LogP) is 4.65. The van der Waals surface area contributed by atoms with Crippen LogP contribution < -0.4 is 15.4 Å². The Balaban J connectivity index is 1.50. The highest BCUT2D eigenvalue weighted by atomic mass is 16.5. The molecule has 0 unspecified atom stereocenters. The molecule has 2 aromatic carbocycles. The molecule has 0 bridgehead atoms. The molecular weight excluding hydrogens is 360 g/mol. The number of anilines is 1. The minimum Gasteiger partial charge on any atom is -0.488 e. The molecule has 0 aliphatic carbocycles. The molecule has 148 valence electrons. The maximum Gasteiger partial charge on any atom is 0.134 e. The van der Waals surface area contributed by atoms with Gasteiger partial charge in [-0.15, -0.1) is 0 Å². The molecule has 0 radical (unpaired) electrons. The molecule has 0 atom stereocenters. The van der Waals surface area contributed by atoms with Gasteiger partial charge < -0.3 is 15.4 Å². The minimum absolute atomic E-state index is 0.469. The molecule has 4 rings (SSSR count). The number of hydrogen-bond donors (Lipinski definition) is 2. The number of nitrogens with one attached hydrogen (secondary N) is 2. The van der Waals surface area contributed by atoms with Crippen LogP contribution in [0.2, 0.25) is 0 Å². The van der Waals surface area contributed by atoms with Crippen molar-refractivity contribution in [1.29, 1.82) is 0 Å². The molecule has 5 nitrogen and oxygen atoms in total. The normalized spacial score (nSPS) is 14.3. The van der Waals surface area contributed by atoms with Gasteiger partial charge in [-0.05, 0) is 43.6 Å². The molecule has 1 aliphatic heterocycles. The molecule has 1 aliphatic rings. The fraction of sp³-hybridized carbons (Fsp3) is 0.250. The minimum atomic E-state index is 0.469. The van der Waals surface area contributed by atoms with E-state index in [-0.39, 0.29) is 0 Å². The van der Waals surface area contributed by atoms with E-state index >= 15 is 0 Å². The van der Waals surface area contributed by atoms with Crippen LogP contribution in [0, 0.1) is 5.92 Å². The molecule has 3 aromatic rings. The van der Waals surface area contributed by atoms with Crippen LogP contribution in [0.4, 0.5) is 5.82 Å². The van der Waals surface area contributed by atoms with Crippen LogP contribution in [0.3, 0.4) is 0 Å². The lowest BCUT2D eigenvalue weighted by Gasteiger charge is -2.25. The largest absolute Gasteiger partial charge is 0.488 e. The number of para-hydroxylation sites is 1. The second-order valence-corrected chi connectivity index (χ2v) is 7.23. The van der Waals surface area contributed by atoms with Gasteiger partial charge in [0, 0.05) is 23.2 Å². The third kappa shape index (κ3) is 5.00. The Labute approximate surface area is 171 Å². The average molecular weight is 386 g/mol. The highest BCUT2D eigenvalue weighted by Crippen LogP contribution is 2.30. The van der Waals surface area contributed by atoms with E-state index in [2.05, 4.69) is 39.3 Å². The van der Waals surface area contributed by atoms with E-state index in [1.807, 2.05) is 48.5 Å². The second kappa shape index (κ2) is 9.34. The van der Waals surface area contributed by atoms with Gasteiger partial charge in [-0.1, -0.05) is 49.0 Å². The van der Waals surface area contributed by atoms with E-state index in [0.29, 0.717) is 12.5 Å². The first-order chi connectivity index (χ1) is 14.3. The predicted molar refractivity (Wildman–Crippen MR) is 117 cm³/mol. The number of hydrogen-bond acceptors (Lipinski definition) is 5. The molecule has 2 N–H and O–H groups in total. The van der Waals surface area contributed by atoms with Crippen LogP contribution in [0.1, 0.15) is 18.4 Å². The first-order valence-electron chi connectivity index (χ1n) is 10.0. The number of piperidine rings is 1. The van der Waals surface area contributed by atoms with Gasteiger partial charge in [-0.3, -0.25) is 0 Å². The Morgan fingerprint density at radius 2 is 1.79 bits per heavy atom. The zero-order chi connectivity index (χ0) is 19.9. The Kier molecular flexibility index (Phi) is 6.17. The monoisotopic (exact) mass is 386 g/mol. The van der Waals surface area contributed by atoms with Crippen molar-refractivity contribution in [3.63, 3.8) is 0 Å². The van der Waals surface area contributed by atoms with Gasteiger partial charge in [0.1, 0.15) is 24.5 Å². The van der Waals surface area contributed by atoms with E-state index in [9.17, 15) is 0 Å². The van der Waals surface area contributed by atoms with Gasteiger partial charge in [-0.25, -0.2) is 9.97 Å². The number of allylic oxidation sites excluding steroid dienone is 1. The third-order valence-electron chi connectivity index (χ3n) is 5.19. The van der Waals surface area contributed by atoms with Crippen molar-refractivity contribution in [2.75, 3.05) is 18.4 Å². The lowest BCUT2D eigenvalue weighted by atomic mass is 9.95. The molecule has 0 amide bonds. The maximum atomic E-state index is 6.09. The van der Waals surface area contributed by atoms with Crippen molar-refractivity contribution in [2.45, 2.75) is 19.4 Å².